The fourth-order valence-electron chi connectivity index (χ4n) is 1.57. The van der Waals surface area contributed by atoms with E-state index >= 15 is 0 Å². The predicted octanol–water partition coefficient (Wildman–Crippen LogP) is 2.61. The molecule has 1 saturated carbocycles. The van der Waals surface area contributed by atoms with E-state index in [0.29, 0.717) is 5.92 Å². The molecule has 0 bridgehead atoms. The van der Waals surface area contributed by atoms with Gasteiger partial charge in [0.25, 0.3) is 0 Å². The van der Waals surface area contributed by atoms with Gasteiger partial charge in [-0.1, -0.05) is 12.7 Å². The van der Waals surface area contributed by atoms with Crippen LogP contribution >= 0.6 is 0 Å². The molecule has 2 rings (SSSR count). The highest BCUT2D eigenvalue weighted by Crippen LogP contribution is 2.38. The summed E-state index contributed by atoms with van der Waals surface area (Å²) in [4.78, 5) is 8.97. The largest absolute Gasteiger partial charge is 0.237 e. The lowest BCUT2D eigenvalue weighted by molar-refractivity contribution is 0.882. The Hall–Kier alpha value is -1.18. The first-order valence-electron chi connectivity index (χ1n) is 4.70. The Morgan fingerprint density at radius 2 is 1.77 bits per heavy atom. The number of aromatic nitrogens is 2. The molecule has 1 fully saturated rings. The van der Waals surface area contributed by atoms with E-state index in [1.54, 1.807) is 0 Å². The molecule has 1 aliphatic carbocycles. The predicted molar refractivity (Wildman–Crippen MR) is 53.6 cm³/mol. The number of hydrogen-bond donors (Lipinski definition) is 0. The van der Waals surface area contributed by atoms with Crippen LogP contribution in [0.5, 0.6) is 0 Å². The highest BCUT2D eigenvalue weighted by molar-refractivity contribution is 5.51. The molecule has 0 atom stereocenters. The van der Waals surface area contributed by atoms with E-state index in [4.69, 9.17) is 0 Å². The molecule has 13 heavy (non-hydrogen) atoms. The van der Waals surface area contributed by atoms with Crippen molar-refractivity contribution in [2.24, 2.45) is 0 Å². The van der Waals surface area contributed by atoms with Crippen molar-refractivity contribution in [3.05, 3.63) is 29.4 Å². The number of rotatable bonds is 2. The van der Waals surface area contributed by atoms with Crippen LogP contribution in [0, 0.1) is 13.8 Å². The third kappa shape index (κ3) is 1.48. The molecule has 0 spiro atoms. The van der Waals surface area contributed by atoms with Gasteiger partial charge in [-0.3, -0.25) is 0 Å². The molecule has 1 heterocycles. The zero-order chi connectivity index (χ0) is 9.42. The Bertz CT molecular complexity index is 328. The van der Waals surface area contributed by atoms with Gasteiger partial charge in [-0.25, -0.2) is 9.97 Å². The molecule has 0 saturated heterocycles. The average molecular weight is 174 g/mol. The molecule has 0 N–H and O–H groups in total. The summed E-state index contributed by atoms with van der Waals surface area (Å²) in [5, 5.41) is 0. The zero-order valence-corrected chi connectivity index (χ0v) is 8.17. The lowest BCUT2D eigenvalue weighted by Crippen LogP contribution is -2.01. The molecule has 0 radical (unpaired) electrons. The molecule has 1 aliphatic rings. The summed E-state index contributed by atoms with van der Waals surface area (Å²) >= 11 is 0. The fourth-order valence-corrected chi connectivity index (χ4v) is 1.57. The summed E-state index contributed by atoms with van der Waals surface area (Å²) in [7, 11) is 0. The van der Waals surface area contributed by atoms with Crippen LogP contribution in [0.2, 0.25) is 0 Å². The Morgan fingerprint density at radius 1 is 1.23 bits per heavy atom. The van der Waals surface area contributed by atoms with Gasteiger partial charge in [0, 0.05) is 22.9 Å². The number of hydrogen-bond acceptors (Lipinski definition) is 2. The average Bonchev–Trinajstić information content (AvgIpc) is 2.85. The van der Waals surface area contributed by atoms with Crippen molar-refractivity contribution in [1.82, 2.24) is 9.97 Å². The summed E-state index contributed by atoms with van der Waals surface area (Å²) < 4.78 is 0. The second-order valence-corrected chi connectivity index (χ2v) is 3.64. The molecule has 0 aliphatic heterocycles. The minimum Gasteiger partial charge on any atom is -0.237 e. The minimum absolute atomic E-state index is 0.635. The number of nitrogens with zero attached hydrogens (tertiary/aromatic N) is 2. The van der Waals surface area contributed by atoms with Gasteiger partial charge in [-0.05, 0) is 26.7 Å². The van der Waals surface area contributed by atoms with Gasteiger partial charge in [0.05, 0.1) is 0 Å². The van der Waals surface area contributed by atoms with Crippen molar-refractivity contribution >= 4 is 6.08 Å². The van der Waals surface area contributed by atoms with E-state index in [1.165, 1.54) is 12.8 Å². The SMILES string of the molecule is C=Cc1c(C)nc(C2CC2)nc1C. The van der Waals surface area contributed by atoms with Crippen LogP contribution < -0.4 is 0 Å². The van der Waals surface area contributed by atoms with Crippen LogP contribution in [0.3, 0.4) is 0 Å². The number of aryl methyl sites for hydroxylation is 2. The molecule has 68 valence electrons. The standard InChI is InChI=1S/C11H14N2/c1-4-10-7(2)12-11(9-5-6-9)13-8(10)3/h4,9H,1,5-6H2,2-3H3. The maximum atomic E-state index is 4.48. The second kappa shape index (κ2) is 2.95. The molecule has 0 aromatic carbocycles. The van der Waals surface area contributed by atoms with E-state index in [-0.39, 0.29) is 0 Å². The monoisotopic (exact) mass is 174 g/mol. The lowest BCUT2D eigenvalue weighted by Gasteiger charge is -2.06. The Morgan fingerprint density at radius 3 is 2.15 bits per heavy atom. The maximum Gasteiger partial charge on any atom is 0.131 e. The molecule has 1 aromatic rings. The van der Waals surface area contributed by atoms with Crippen LogP contribution in [0.1, 0.15) is 41.5 Å². The third-order valence-corrected chi connectivity index (χ3v) is 2.49. The molecule has 0 amide bonds. The Balaban J connectivity index is 2.48. The summed E-state index contributed by atoms with van der Waals surface area (Å²) in [6, 6.07) is 0. The van der Waals surface area contributed by atoms with Crippen LogP contribution in [-0.2, 0) is 0 Å². The van der Waals surface area contributed by atoms with Crippen molar-refractivity contribution in [3.63, 3.8) is 0 Å². The molecule has 0 unspecified atom stereocenters. The third-order valence-electron chi connectivity index (χ3n) is 2.49. The topological polar surface area (TPSA) is 25.8 Å². The van der Waals surface area contributed by atoms with E-state index in [9.17, 15) is 0 Å². The van der Waals surface area contributed by atoms with Gasteiger partial charge >= 0.3 is 0 Å². The van der Waals surface area contributed by atoms with Gasteiger partial charge in [0.15, 0.2) is 0 Å². The van der Waals surface area contributed by atoms with Gasteiger partial charge in [-0.2, -0.15) is 0 Å². The summed E-state index contributed by atoms with van der Waals surface area (Å²) in [6.07, 6.45) is 4.35. The van der Waals surface area contributed by atoms with Crippen molar-refractivity contribution in [2.45, 2.75) is 32.6 Å². The van der Waals surface area contributed by atoms with Crippen molar-refractivity contribution in [2.75, 3.05) is 0 Å². The second-order valence-electron chi connectivity index (χ2n) is 3.64. The van der Waals surface area contributed by atoms with Gasteiger partial charge < -0.3 is 0 Å². The minimum atomic E-state index is 0.635. The molecule has 2 nitrogen and oxygen atoms in total. The summed E-state index contributed by atoms with van der Waals surface area (Å²) in [5.74, 6) is 1.66. The van der Waals surface area contributed by atoms with Gasteiger partial charge in [0.1, 0.15) is 5.82 Å². The maximum absolute atomic E-state index is 4.48. The van der Waals surface area contributed by atoms with Crippen LogP contribution in [0.25, 0.3) is 6.08 Å². The molecular formula is C11H14N2. The van der Waals surface area contributed by atoms with E-state index in [1.807, 2.05) is 19.9 Å². The molecule has 1 aromatic heterocycles. The highest BCUT2D eigenvalue weighted by Gasteiger charge is 2.27. The first kappa shape index (κ1) is 8.42. The van der Waals surface area contributed by atoms with Crippen LogP contribution in [0.4, 0.5) is 0 Å². The lowest BCUT2D eigenvalue weighted by atomic mass is 10.1. The van der Waals surface area contributed by atoms with E-state index < -0.39 is 0 Å². The Kier molecular flexibility index (Phi) is 1.91. The first-order valence-corrected chi connectivity index (χ1v) is 4.70. The molecular weight excluding hydrogens is 160 g/mol. The van der Waals surface area contributed by atoms with Crippen LogP contribution in [0.15, 0.2) is 6.58 Å². The highest BCUT2D eigenvalue weighted by atomic mass is 14.9. The smallest absolute Gasteiger partial charge is 0.131 e. The first-order chi connectivity index (χ1) is 6.22. The normalized spacial score (nSPS) is 15.8. The van der Waals surface area contributed by atoms with Gasteiger partial charge in [-0.15, -0.1) is 0 Å². The summed E-state index contributed by atoms with van der Waals surface area (Å²) in [6.45, 7) is 7.81. The van der Waals surface area contributed by atoms with E-state index in [0.717, 1.165) is 22.8 Å². The van der Waals surface area contributed by atoms with Gasteiger partial charge in [0.2, 0.25) is 0 Å². The van der Waals surface area contributed by atoms with Crippen LogP contribution in [-0.4, -0.2) is 9.97 Å². The Labute approximate surface area is 78.7 Å². The quantitative estimate of drug-likeness (QED) is 0.688. The van der Waals surface area contributed by atoms with Crippen molar-refractivity contribution in [3.8, 4) is 0 Å². The zero-order valence-electron chi connectivity index (χ0n) is 8.17. The fraction of sp³-hybridized carbons (Fsp3) is 0.455. The van der Waals surface area contributed by atoms with Crippen molar-refractivity contribution in [1.29, 1.82) is 0 Å². The van der Waals surface area contributed by atoms with Crippen molar-refractivity contribution < 1.29 is 0 Å². The van der Waals surface area contributed by atoms with E-state index in [2.05, 4.69) is 16.5 Å². The summed E-state index contributed by atoms with van der Waals surface area (Å²) in [5.41, 5.74) is 3.21. The molecule has 2 heteroatoms.